The minimum Gasteiger partial charge on any atom is -0.462 e. The van der Waals surface area contributed by atoms with Crippen LogP contribution in [0.1, 0.15) is 25.8 Å². The van der Waals surface area contributed by atoms with Crippen LogP contribution >= 0.6 is 0 Å². The van der Waals surface area contributed by atoms with Crippen LogP contribution in [0.15, 0.2) is 48.7 Å². The molecule has 0 aliphatic carbocycles. The number of benzene rings is 1. The molecule has 0 aliphatic heterocycles. The molecular formula is C21H20F5NO4. The summed E-state index contributed by atoms with van der Waals surface area (Å²) >= 11 is 0. The third-order valence-electron chi connectivity index (χ3n) is 4.43. The number of pyridine rings is 1. The lowest BCUT2D eigenvalue weighted by atomic mass is 9.76. The predicted molar refractivity (Wildman–Crippen MR) is 100 cm³/mol. The molecule has 0 bridgehead atoms. The molecule has 0 radical (unpaired) electrons. The SMILES string of the molecule is CCOC(=O)C(F)(F)C[C@](C)(C(=O)OCC(F)(F)F)c1cccc(-c2ccccn2)c1. The number of rotatable bonds is 8. The third-order valence-corrected chi connectivity index (χ3v) is 4.43. The van der Waals surface area contributed by atoms with E-state index in [-0.39, 0.29) is 12.2 Å². The van der Waals surface area contributed by atoms with Crippen molar-refractivity contribution < 1.29 is 41.0 Å². The highest BCUT2D eigenvalue weighted by Gasteiger charge is 2.52. The van der Waals surface area contributed by atoms with Crippen LogP contribution in [-0.2, 0) is 24.5 Å². The molecule has 1 aromatic heterocycles. The molecule has 0 N–H and O–H groups in total. The van der Waals surface area contributed by atoms with Gasteiger partial charge < -0.3 is 9.47 Å². The molecule has 0 aliphatic rings. The van der Waals surface area contributed by atoms with Crippen molar-refractivity contribution in [2.45, 2.75) is 37.8 Å². The van der Waals surface area contributed by atoms with Gasteiger partial charge in [0, 0.05) is 18.2 Å². The van der Waals surface area contributed by atoms with Gasteiger partial charge in [-0.25, -0.2) is 4.79 Å². The number of ether oxygens (including phenoxy) is 2. The van der Waals surface area contributed by atoms with E-state index in [0.29, 0.717) is 11.3 Å². The number of halogens is 5. The fraction of sp³-hybridized carbons (Fsp3) is 0.381. The van der Waals surface area contributed by atoms with Gasteiger partial charge in [-0.3, -0.25) is 9.78 Å². The Bertz CT molecular complexity index is 917. The third kappa shape index (κ3) is 6.22. The number of nitrogens with zero attached hydrogens (tertiary/aromatic N) is 1. The number of carbonyl (C=O) groups is 2. The van der Waals surface area contributed by atoms with E-state index in [9.17, 15) is 31.5 Å². The van der Waals surface area contributed by atoms with Gasteiger partial charge in [0.15, 0.2) is 6.61 Å². The van der Waals surface area contributed by atoms with Gasteiger partial charge in [-0.15, -0.1) is 0 Å². The molecule has 0 saturated heterocycles. The second-order valence-corrected chi connectivity index (χ2v) is 6.92. The highest BCUT2D eigenvalue weighted by molar-refractivity contribution is 5.86. The Hall–Kier alpha value is -3.04. The summed E-state index contributed by atoms with van der Waals surface area (Å²) in [4.78, 5) is 28.4. The van der Waals surface area contributed by atoms with Crippen LogP contribution in [0, 0.1) is 0 Å². The maximum Gasteiger partial charge on any atom is 0.422 e. The van der Waals surface area contributed by atoms with E-state index in [2.05, 4.69) is 14.5 Å². The lowest BCUT2D eigenvalue weighted by molar-refractivity contribution is -0.194. The molecule has 1 atom stereocenters. The first kappa shape index (κ1) is 24.2. The van der Waals surface area contributed by atoms with Gasteiger partial charge in [-0.2, -0.15) is 22.0 Å². The largest absolute Gasteiger partial charge is 0.462 e. The van der Waals surface area contributed by atoms with Crippen molar-refractivity contribution in [2.75, 3.05) is 13.2 Å². The highest BCUT2D eigenvalue weighted by Crippen LogP contribution is 2.39. The van der Waals surface area contributed by atoms with Crippen molar-refractivity contribution in [1.29, 1.82) is 0 Å². The zero-order valence-corrected chi connectivity index (χ0v) is 16.7. The minimum absolute atomic E-state index is 0.0631. The molecule has 1 heterocycles. The molecule has 10 heteroatoms. The maximum absolute atomic E-state index is 14.5. The molecule has 1 aromatic carbocycles. The number of hydrogen-bond acceptors (Lipinski definition) is 5. The van der Waals surface area contributed by atoms with E-state index in [1.807, 2.05) is 0 Å². The molecule has 2 aromatic rings. The molecule has 0 unspecified atom stereocenters. The van der Waals surface area contributed by atoms with Gasteiger partial charge in [-0.05, 0) is 37.6 Å². The molecule has 5 nitrogen and oxygen atoms in total. The van der Waals surface area contributed by atoms with Crippen LogP contribution in [0.25, 0.3) is 11.3 Å². The monoisotopic (exact) mass is 445 g/mol. The first-order chi connectivity index (χ1) is 14.4. The second kappa shape index (κ2) is 9.40. The van der Waals surface area contributed by atoms with E-state index in [4.69, 9.17) is 0 Å². The summed E-state index contributed by atoms with van der Waals surface area (Å²) in [7, 11) is 0. The van der Waals surface area contributed by atoms with Crippen molar-refractivity contribution in [3.8, 4) is 11.3 Å². The molecule has 2 rings (SSSR count). The Morgan fingerprint density at radius 3 is 2.26 bits per heavy atom. The quantitative estimate of drug-likeness (QED) is 0.435. The number of aromatic nitrogens is 1. The summed E-state index contributed by atoms with van der Waals surface area (Å²) in [5.74, 6) is -7.58. The van der Waals surface area contributed by atoms with Gasteiger partial charge in [0.1, 0.15) is 0 Å². The Labute approximate surface area is 175 Å². The van der Waals surface area contributed by atoms with Crippen molar-refractivity contribution in [1.82, 2.24) is 4.98 Å². The van der Waals surface area contributed by atoms with Crippen LogP contribution in [0.2, 0.25) is 0 Å². The molecular weight excluding hydrogens is 425 g/mol. The van der Waals surface area contributed by atoms with Gasteiger partial charge in [0.25, 0.3) is 0 Å². The van der Waals surface area contributed by atoms with E-state index in [1.165, 1.54) is 31.3 Å². The Morgan fingerprint density at radius 2 is 1.68 bits per heavy atom. The van der Waals surface area contributed by atoms with E-state index >= 15 is 0 Å². The summed E-state index contributed by atoms with van der Waals surface area (Å²) in [5, 5.41) is 0. The minimum atomic E-state index is -4.85. The van der Waals surface area contributed by atoms with Crippen molar-refractivity contribution in [2.24, 2.45) is 0 Å². The van der Waals surface area contributed by atoms with E-state index < -0.39 is 42.5 Å². The van der Waals surface area contributed by atoms with Gasteiger partial charge in [0.05, 0.1) is 17.7 Å². The van der Waals surface area contributed by atoms with Crippen molar-refractivity contribution >= 4 is 11.9 Å². The first-order valence-electron chi connectivity index (χ1n) is 9.20. The average Bonchev–Trinajstić information content (AvgIpc) is 2.72. The van der Waals surface area contributed by atoms with Gasteiger partial charge >= 0.3 is 24.0 Å². The number of hydrogen-bond donors (Lipinski definition) is 0. The van der Waals surface area contributed by atoms with Crippen LogP contribution in [0.5, 0.6) is 0 Å². The molecule has 0 amide bonds. The van der Waals surface area contributed by atoms with Crippen LogP contribution in [0.4, 0.5) is 22.0 Å². The molecule has 168 valence electrons. The topological polar surface area (TPSA) is 65.5 Å². The zero-order valence-electron chi connectivity index (χ0n) is 16.7. The predicted octanol–water partition coefficient (Wildman–Crippen LogP) is 4.70. The smallest absolute Gasteiger partial charge is 0.422 e. The molecule has 0 spiro atoms. The second-order valence-electron chi connectivity index (χ2n) is 6.92. The molecule has 0 saturated carbocycles. The number of carbonyl (C=O) groups excluding carboxylic acids is 2. The van der Waals surface area contributed by atoms with Crippen LogP contribution in [0.3, 0.4) is 0 Å². The van der Waals surface area contributed by atoms with Crippen LogP contribution in [-0.4, -0.2) is 42.2 Å². The van der Waals surface area contributed by atoms with Crippen molar-refractivity contribution in [3.05, 3.63) is 54.2 Å². The Morgan fingerprint density at radius 1 is 0.968 bits per heavy atom. The zero-order chi connectivity index (χ0) is 23.3. The lowest BCUT2D eigenvalue weighted by Gasteiger charge is -2.31. The Kier molecular flexibility index (Phi) is 7.35. The van der Waals surface area contributed by atoms with Gasteiger partial charge in [-0.1, -0.05) is 24.3 Å². The molecule has 31 heavy (non-hydrogen) atoms. The summed E-state index contributed by atoms with van der Waals surface area (Å²) in [6.07, 6.45) is -4.80. The fourth-order valence-corrected chi connectivity index (χ4v) is 2.91. The standard InChI is InChI=1S/C21H20F5NO4/c1-3-30-18(29)20(22,23)12-19(2,17(28)31-13-21(24,25)26)15-8-6-7-14(11-15)16-9-4-5-10-27-16/h4-11H,3,12-13H2,1-2H3/t19-/m0/s1. The number of alkyl halides is 5. The number of esters is 2. The fourth-order valence-electron chi connectivity index (χ4n) is 2.91. The first-order valence-corrected chi connectivity index (χ1v) is 9.20. The average molecular weight is 445 g/mol. The van der Waals surface area contributed by atoms with Gasteiger partial charge in [0.2, 0.25) is 0 Å². The summed E-state index contributed by atoms with van der Waals surface area (Å²) in [6.45, 7) is 0.0304. The molecule has 0 fully saturated rings. The van der Waals surface area contributed by atoms with Crippen LogP contribution < -0.4 is 0 Å². The van der Waals surface area contributed by atoms with Crippen molar-refractivity contribution in [3.63, 3.8) is 0 Å². The summed E-state index contributed by atoms with van der Waals surface area (Å²) in [6, 6.07) is 10.6. The highest BCUT2D eigenvalue weighted by atomic mass is 19.4. The maximum atomic E-state index is 14.5. The summed E-state index contributed by atoms with van der Waals surface area (Å²) in [5.41, 5.74) is -1.46. The lowest BCUT2D eigenvalue weighted by Crippen LogP contribution is -2.44. The van der Waals surface area contributed by atoms with E-state index in [0.717, 1.165) is 6.92 Å². The van der Waals surface area contributed by atoms with E-state index in [1.54, 1.807) is 24.3 Å². The summed E-state index contributed by atoms with van der Waals surface area (Å²) < 4.78 is 75.3. The Balaban J connectivity index is 2.49. The normalized spacial score (nSPS) is 13.9.